The average molecular weight is 656 g/mol. The Hall–Kier alpha value is -4.90. The number of rotatable bonds is 3. The van der Waals surface area contributed by atoms with E-state index in [1.807, 2.05) is 0 Å². The van der Waals surface area contributed by atoms with Crippen LogP contribution in [0.15, 0.2) is 48.5 Å². The second kappa shape index (κ2) is 9.55. The minimum Gasteiger partial charge on any atom is -0.386 e. The van der Waals surface area contributed by atoms with Crippen molar-refractivity contribution in [3.8, 4) is 0 Å². The first kappa shape index (κ1) is 31.5. The van der Waals surface area contributed by atoms with E-state index < -0.39 is 110 Å². The van der Waals surface area contributed by atoms with Gasteiger partial charge in [-0.2, -0.15) is 52.7 Å². The van der Waals surface area contributed by atoms with E-state index in [4.69, 9.17) is 0 Å². The Kier molecular flexibility index (Phi) is 6.69. The number of benzene rings is 3. The van der Waals surface area contributed by atoms with Crippen molar-refractivity contribution in [2.75, 3.05) is 0 Å². The molecule has 0 bridgehead atoms. The predicted molar refractivity (Wildman–Crippen MR) is 120 cm³/mol. The predicted octanol–water partition coefficient (Wildman–Crippen LogP) is 7.26. The number of alkyl halides is 12. The molecule has 0 radical (unpaired) electrons. The lowest BCUT2D eigenvalue weighted by Crippen LogP contribution is -2.47. The number of hydrogen-bond donors (Lipinski definition) is 0. The molecule has 0 aromatic heterocycles. The van der Waals surface area contributed by atoms with Gasteiger partial charge >= 0.3 is 48.6 Å². The van der Waals surface area contributed by atoms with Crippen LogP contribution in [0.4, 0.5) is 52.7 Å². The van der Waals surface area contributed by atoms with Gasteiger partial charge in [-0.1, -0.05) is 12.1 Å². The summed E-state index contributed by atoms with van der Waals surface area (Å²) in [5, 5.41) is 0. The van der Waals surface area contributed by atoms with E-state index in [1.165, 1.54) is 0 Å². The van der Waals surface area contributed by atoms with Gasteiger partial charge in [0.1, 0.15) is 5.41 Å². The van der Waals surface area contributed by atoms with Crippen molar-refractivity contribution in [1.82, 2.24) is 0 Å². The van der Waals surface area contributed by atoms with Crippen LogP contribution in [0.25, 0.3) is 0 Å². The lowest BCUT2D eigenvalue weighted by molar-refractivity contribution is -0.174. The van der Waals surface area contributed by atoms with Crippen LogP contribution in [0.2, 0.25) is 0 Å². The third-order valence-corrected chi connectivity index (χ3v) is 7.06. The van der Waals surface area contributed by atoms with Gasteiger partial charge in [0.2, 0.25) is 0 Å². The van der Waals surface area contributed by atoms with Crippen LogP contribution in [-0.4, -0.2) is 30.1 Å². The molecule has 0 amide bonds. The number of hydrogen-bond acceptors (Lipinski definition) is 6. The quantitative estimate of drug-likeness (QED) is 0.128. The van der Waals surface area contributed by atoms with Crippen molar-refractivity contribution in [2.45, 2.75) is 30.1 Å². The van der Waals surface area contributed by atoms with Crippen LogP contribution in [0, 0.1) is 0 Å². The molecule has 2 heterocycles. The third-order valence-electron chi connectivity index (χ3n) is 7.06. The first-order valence-corrected chi connectivity index (χ1v) is 11.8. The average Bonchev–Trinajstić information content (AvgIpc) is 3.34. The number of fused-ring (bicyclic) bond motifs is 2. The van der Waals surface area contributed by atoms with E-state index in [-0.39, 0.29) is 48.5 Å². The highest BCUT2D eigenvalue weighted by Gasteiger charge is 2.64. The molecule has 2 aliphatic heterocycles. The molecule has 5 rings (SSSR count). The van der Waals surface area contributed by atoms with Crippen LogP contribution in [0.3, 0.4) is 0 Å². The highest BCUT2D eigenvalue weighted by atomic mass is 19.4. The Balaban J connectivity index is 2.07. The molecule has 0 spiro atoms. The van der Waals surface area contributed by atoms with Gasteiger partial charge in [0, 0.05) is 0 Å². The molecule has 6 nitrogen and oxygen atoms in total. The maximum atomic E-state index is 15.6. The Labute approximate surface area is 240 Å². The van der Waals surface area contributed by atoms with Gasteiger partial charge in [-0.05, 0) is 53.1 Å². The molecule has 0 aliphatic carbocycles. The summed E-state index contributed by atoms with van der Waals surface area (Å²) in [5.74, 6) is -7.05. The van der Waals surface area contributed by atoms with E-state index >= 15 is 13.2 Å². The molecular weight excluding hydrogens is 648 g/mol. The van der Waals surface area contributed by atoms with Crippen LogP contribution in [0.1, 0.15) is 74.8 Å². The van der Waals surface area contributed by atoms with Crippen molar-refractivity contribution in [1.29, 1.82) is 0 Å². The minimum atomic E-state index is -6.37. The van der Waals surface area contributed by atoms with Gasteiger partial charge in [-0.15, -0.1) is 0 Å². The first-order chi connectivity index (χ1) is 20.5. The van der Waals surface area contributed by atoms with Crippen molar-refractivity contribution in [3.05, 3.63) is 104 Å². The maximum Gasteiger partial charge on any atom is 0.416 e. The van der Waals surface area contributed by atoms with Crippen LogP contribution in [0.5, 0.6) is 0 Å². The van der Waals surface area contributed by atoms with Gasteiger partial charge in [0.25, 0.3) is 0 Å². The smallest absolute Gasteiger partial charge is 0.386 e. The summed E-state index contributed by atoms with van der Waals surface area (Å²) >= 11 is 0. The van der Waals surface area contributed by atoms with Gasteiger partial charge < -0.3 is 9.47 Å². The van der Waals surface area contributed by atoms with Crippen LogP contribution >= 0.6 is 0 Å². The van der Waals surface area contributed by atoms with Gasteiger partial charge in [-0.25, -0.2) is 19.2 Å². The van der Waals surface area contributed by atoms with Gasteiger partial charge in [0.05, 0.1) is 38.9 Å². The summed E-state index contributed by atoms with van der Waals surface area (Å²) < 4.78 is 182. The molecule has 2 aliphatic rings. The SMILES string of the molecule is O=C1OC(=O)c2cc(C(c3ccc(C(F)(F)F)cc3)(c3cc4c(cc3C(F)(F)F)C(=O)OC4=O)C(F)(F)F)c(C(F)(F)F)cc21. The zero-order valence-corrected chi connectivity index (χ0v) is 21.1. The molecular formula is C27H8F12O6. The highest BCUT2D eigenvalue weighted by molar-refractivity contribution is 6.16. The first-order valence-electron chi connectivity index (χ1n) is 11.8. The summed E-state index contributed by atoms with van der Waals surface area (Å²) in [7, 11) is 0. The van der Waals surface area contributed by atoms with Crippen molar-refractivity contribution in [2.24, 2.45) is 0 Å². The Morgan fingerprint density at radius 2 is 0.689 bits per heavy atom. The van der Waals surface area contributed by atoms with Gasteiger partial charge in [0.15, 0.2) is 0 Å². The second-order valence-electron chi connectivity index (χ2n) is 9.56. The third kappa shape index (κ3) is 4.78. The molecule has 3 aromatic carbocycles. The number of halogens is 12. The standard InChI is InChI=1S/C27H8F12O6/c28-24(29,30)10-3-1-9(2-4-10)23(27(37,38)39,15-5-11-13(21(42)44-19(11)40)7-17(15)25(31,32)33)16-6-12-14(22(43)45-20(12)41)8-18(16)26(34,35)36/h1-8H. The number of carbonyl (C=O) groups is 4. The molecule has 18 heteroatoms. The van der Waals surface area contributed by atoms with E-state index in [0.717, 1.165) is 0 Å². The number of carbonyl (C=O) groups excluding carboxylic acids is 4. The zero-order chi connectivity index (χ0) is 33.7. The fraction of sp³-hybridized carbons (Fsp3) is 0.185. The Morgan fingerprint density at radius 3 is 0.956 bits per heavy atom. The molecule has 0 atom stereocenters. The maximum absolute atomic E-state index is 15.6. The van der Waals surface area contributed by atoms with Crippen LogP contribution < -0.4 is 0 Å². The molecule has 0 fully saturated rings. The fourth-order valence-electron chi connectivity index (χ4n) is 5.19. The summed E-state index contributed by atoms with van der Waals surface area (Å²) in [4.78, 5) is 48.5. The van der Waals surface area contributed by atoms with E-state index in [2.05, 4.69) is 9.47 Å². The topological polar surface area (TPSA) is 86.7 Å². The highest BCUT2D eigenvalue weighted by Crippen LogP contribution is 2.58. The molecule has 45 heavy (non-hydrogen) atoms. The molecule has 0 saturated heterocycles. The van der Waals surface area contributed by atoms with E-state index in [9.17, 15) is 58.7 Å². The summed E-state index contributed by atoms with van der Waals surface area (Å²) in [6.07, 6.45) is -23.5. The summed E-state index contributed by atoms with van der Waals surface area (Å²) in [5.41, 5.74) is -22.3. The monoisotopic (exact) mass is 656 g/mol. The Bertz CT molecular complexity index is 1720. The molecule has 0 N–H and O–H groups in total. The normalized spacial score (nSPS) is 15.6. The molecule has 0 saturated carbocycles. The molecule has 3 aromatic rings. The lowest BCUT2D eigenvalue weighted by atomic mass is 9.64. The summed E-state index contributed by atoms with van der Waals surface area (Å²) in [6, 6.07) is -1.13. The summed E-state index contributed by atoms with van der Waals surface area (Å²) in [6.45, 7) is 0. The number of esters is 4. The second-order valence-corrected chi connectivity index (χ2v) is 9.56. The largest absolute Gasteiger partial charge is 0.416 e. The molecule has 0 unspecified atom stereocenters. The number of ether oxygens (including phenoxy) is 2. The van der Waals surface area contributed by atoms with Gasteiger partial charge in [-0.3, -0.25) is 0 Å². The number of cyclic esters (lactones) is 4. The lowest BCUT2D eigenvalue weighted by Gasteiger charge is -2.40. The van der Waals surface area contributed by atoms with Crippen molar-refractivity contribution in [3.63, 3.8) is 0 Å². The van der Waals surface area contributed by atoms with Crippen molar-refractivity contribution >= 4 is 23.9 Å². The van der Waals surface area contributed by atoms with Crippen LogP contribution in [-0.2, 0) is 33.4 Å². The molecule has 236 valence electrons. The van der Waals surface area contributed by atoms with E-state index in [1.54, 1.807) is 0 Å². The minimum absolute atomic E-state index is 0.0377. The van der Waals surface area contributed by atoms with Crippen molar-refractivity contribution < 1.29 is 81.3 Å². The Morgan fingerprint density at radius 1 is 0.400 bits per heavy atom. The zero-order valence-electron chi connectivity index (χ0n) is 21.1. The van der Waals surface area contributed by atoms with E-state index in [0.29, 0.717) is 0 Å². The fourth-order valence-corrected chi connectivity index (χ4v) is 5.19.